The third-order valence-electron chi connectivity index (χ3n) is 3.59. The van der Waals surface area contributed by atoms with Crippen LogP contribution in [0.4, 0.5) is 0 Å². The van der Waals surface area contributed by atoms with Crippen molar-refractivity contribution >= 4 is 34.4 Å². The van der Waals surface area contributed by atoms with Gasteiger partial charge in [-0.1, -0.05) is 23.4 Å². The van der Waals surface area contributed by atoms with Gasteiger partial charge in [-0.2, -0.15) is 5.10 Å². The predicted molar refractivity (Wildman–Crippen MR) is 98.5 cm³/mol. The van der Waals surface area contributed by atoms with E-state index in [1.54, 1.807) is 35.2 Å². The molecule has 0 saturated heterocycles. The molecule has 1 aromatic carbocycles. The third-order valence-corrected chi connectivity index (χ3v) is 4.74. The highest BCUT2D eigenvalue weighted by atomic mass is 35.5. The molecule has 1 aliphatic heterocycles. The van der Waals surface area contributed by atoms with Crippen LogP contribution < -0.4 is 5.32 Å². The first-order valence-corrected chi connectivity index (χ1v) is 8.95. The number of furan rings is 1. The monoisotopic (exact) mass is 372 g/mol. The Morgan fingerprint density at radius 1 is 1.28 bits per heavy atom. The van der Waals surface area contributed by atoms with Crippen LogP contribution in [0.25, 0.3) is 17.1 Å². The fraction of sp³-hybridized carbons (Fsp3) is 0.118. The topological polar surface area (TPSA) is 72.4 Å². The molecule has 0 spiro atoms. The first-order valence-electron chi connectivity index (χ1n) is 7.59. The quantitative estimate of drug-likeness (QED) is 0.762. The van der Waals surface area contributed by atoms with Gasteiger partial charge in [0.2, 0.25) is 0 Å². The molecule has 1 aliphatic rings. The van der Waals surface area contributed by atoms with Gasteiger partial charge in [0.25, 0.3) is 5.91 Å². The van der Waals surface area contributed by atoms with Gasteiger partial charge in [-0.15, -0.1) is 0 Å². The molecular formula is C17H13ClN4O2S. The highest BCUT2D eigenvalue weighted by Gasteiger charge is 2.20. The molecule has 0 saturated carbocycles. The Balaban J connectivity index is 1.73. The number of nitrogens with one attached hydrogen (secondary N) is 1. The SMILES string of the molecule is O=C(NC1=NCCS1)c1cc(-c2ccco2)n(-c2ccc(Cl)cc2)n1. The largest absolute Gasteiger partial charge is 0.463 e. The second kappa shape index (κ2) is 6.78. The number of hydrogen-bond acceptors (Lipinski definition) is 5. The van der Waals surface area contributed by atoms with Crippen LogP contribution >= 0.6 is 23.4 Å². The average molecular weight is 373 g/mol. The predicted octanol–water partition coefficient (Wildman–Crippen LogP) is 3.62. The van der Waals surface area contributed by atoms with E-state index >= 15 is 0 Å². The van der Waals surface area contributed by atoms with Crippen molar-refractivity contribution in [2.24, 2.45) is 4.99 Å². The summed E-state index contributed by atoms with van der Waals surface area (Å²) in [6.07, 6.45) is 1.58. The first kappa shape index (κ1) is 16.0. The summed E-state index contributed by atoms with van der Waals surface area (Å²) in [6, 6.07) is 12.5. The number of thioether (sulfide) groups is 1. The molecule has 8 heteroatoms. The normalized spacial score (nSPS) is 13.7. The Labute approximate surface area is 152 Å². The van der Waals surface area contributed by atoms with Crippen LogP contribution in [-0.4, -0.2) is 33.2 Å². The third kappa shape index (κ3) is 3.33. The summed E-state index contributed by atoms with van der Waals surface area (Å²) >= 11 is 7.48. The number of rotatable bonds is 3. The first-order chi connectivity index (χ1) is 12.2. The lowest BCUT2D eigenvalue weighted by Crippen LogP contribution is -2.27. The van der Waals surface area contributed by atoms with E-state index in [9.17, 15) is 4.79 Å². The number of halogens is 1. The minimum absolute atomic E-state index is 0.288. The minimum Gasteiger partial charge on any atom is -0.463 e. The fourth-order valence-electron chi connectivity index (χ4n) is 2.44. The summed E-state index contributed by atoms with van der Waals surface area (Å²) in [5.74, 6) is 1.20. The van der Waals surface area contributed by atoms with Crippen LogP contribution in [0.1, 0.15) is 10.5 Å². The maximum absolute atomic E-state index is 12.5. The Morgan fingerprint density at radius 2 is 2.12 bits per heavy atom. The van der Waals surface area contributed by atoms with E-state index in [2.05, 4.69) is 15.4 Å². The molecule has 0 atom stereocenters. The van der Waals surface area contributed by atoms with E-state index in [4.69, 9.17) is 16.0 Å². The lowest BCUT2D eigenvalue weighted by Gasteiger charge is -2.05. The molecule has 1 N–H and O–H groups in total. The standard InChI is InChI=1S/C17H13ClN4O2S/c18-11-3-5-12(6-4-11)22-14(15-2-1-8-24-15)10-13(21-22)16(23)20-17-19-7-9-25-17/h1-6,8,10H,7,9H2,(H,19,20,23). The van der Waals surface area contributed by atoms with Crippen molar-refractivity contribution in [3.63, 3.8) is 0 Å². The van der Waals surface area contributed by atoms with Crippen LogP contribution in [0, 0.1) is 0 Å². The molecule has 0 radical (unpaired) electrons. The van der Waals surface area contributed by atoms with E-state index in [-0.39, 0.29) is 11.6 Å². The highest BCUT2D eigenvalue weighted by molar-refractivity contribution is 8.14. The van der Waals surface area contributed by atoms with E-state index in [1.165, 1.54) is 11.8 Å². The molecule has 0 bridgehead atoms. The lowest BCUT2D eigenvalue weighted by atomic mass is 10.2. The van der Waals surface area contributed by atoms with E-state index in [0.717, 1.165) is 18.0 Å². The van der Waals surface area contributed by atoms with Crippen molar-refractivity contribution in [3.05, 3.63) is 59.4 Å². The number of amides is 1. The zero-order valence-corrected chi connectivity index (χ0v) is 14.5. The molecule has 0 aliphatic carbocycles. The molecule has 2 aromatic heterocycles. The second-order valence-corrected chi connectivity index (χ2v) is 6.79. The average Bonchev–Trinajstić information content (AvgIpc) is 3.36. The van der Waals surface area contributed by atoms with E-state index in [1.807, 2.05) is 18.2 Å². The highest BCUT2D eigenvalue weighted by Crippen LogP contribution is 2.25. The van der Waals surface area contributed by atoms with Crippen LogP contribution in [-0.2, 0) is 0 Å². The zero-order chi connectivity index (χ0) is 17.2. The number of hydrogen-bond donors (Lipinski definition) is 1. The van der Waals surface area contributed by atoms with Crippen molar-refractivity contribution < 1.29 is 9.21 Å². The Bertz CT molecular complexity index is 932. The number of benzene rings is 1. The number of amidine groups is 1. The van der Waals surface area contributed by atoms with Gasteiger partial charge < -0.3 is 4.42 Å². The number of aliphatic imine (C=N–C) groups is 1. The van der Waals surface area contributed by atoms with E-state index < -0.39 is 0 Å². The molecule has 3 heterocycles. The van der Waals surface area contributed by atoms with Crippen LogP contribution in [0.2, 0.25) is 5.02 Å². The smallest absolute Gasteiger partial charge is 0.277 e. The Kier molecular flexibility index (Phi) is 4.33. The maximum atomic E-state index is 12.5. The summed E-state index contributed by atoms with van der Waals surface area (Å²) < 4.78 is 7.15. The fourth-order valence-corrected chi connectivity index (χ4v) is 3.29. The Hall–Kier alpha value is -2.51. The molecule has 3 aromatic rings. The minimum atomic E-state index is -0.298. The van der Waals surface area contributed by atoms with Crippen LogP contribution in [0.5, 0.6) is 0 Å². The van der Waals surface area contributed by atoms with Crippen molar-refractivity contribution in [3.8, 4) is 17.1 Å². The van der Waals surface area contributed by atoms with Gasteiger partial charge in [-0.05, 0) is 36.4 Å². The molecule has 0 fully saturated rings. The van der Waals surface area contributed by atoms with Gasteiger partial charge in [0.1, 0.15) is 5.69 Å². The molecule has 4 rings (SSSR count). The molecule has 1 amide bonds. The Morgan fingerprint density at radius 3 is 2.80 bits per heavy atom. The molecule has 126 valence electrons. The van der Waals surface area contributed by atoms with E-state index in [0.29, 0.717) is 21.6 Å². The molecule has 25 heavy (non-hydrogen) atoms. The number of carbonyl (C=O) groups excluding carboxylic acids is 1. The summed E-state index contributed by atoms with van der Waals surface area (Å²) in [5, 5.41) is 8.49. The van der Waals surface area contributed by atoms with Crippen molar-refractivity contribution in [2.45, 2.75) is 0 Å². The molecule has 0 unspecified atom stereocenters. The van der Waals surface area contributed by atoms with Gasteiger partial charge in [0.05, 0.1) is 18.5 Å². The molecule has 6 nitrogen and oxygen atoms in total. The lowest BCUT2D eigenvalue weighted by molar-refractivity contribution is 0.0972. The van der Waals surface area contributed by atoms with Crippen LogP contribution in [0.15, 0.2) is 58.1 Å². The second-order valence-electron chi connectivity index (χ2n) is 5.27. The zero-order valence-electron chi connectivity index (χ0n) is 13.0. The van der Waals surface area contributed by atoms with Gasteiger partial charge in [-0.25, -0.2) is 4.68 Å². The number of carbonyl (C=O) groups is 1. The summed E-state index contributed by atoms with van der Waals surface area (Å²) in [7, 11) is 0. The maximum Gasteiger partial charge on any atom is 0.277 e. The van der Waals surface area contributed by atoms with Gasteiger partial charge in [-0.3, -0.25) is 15.1 Å². The van der Waals surface area contributed by atoms with Crippen molar-refractivity contribution in [2.75, 3.05) is 12.3 Å². The molecular weight excluding hydrogens is 360 g/mol. The number of nitrogens with zero attached hydrogens (tertiary/aromatic N) is 3. The van der Waals surface area contributed by atoms with Crippen molar-refractivity contribution in [1.29, 1.82) is 0 Å². The van der Waals surface area contributed by atoms with Gasteiger partial charge >= 0.3 is 0 Å². The number of aromatic nitrogens is 2. The van der Waals surface area contributed by atoms with Gasteiger partial charge in [0.15, 0.2) is 16.6 Å². The van der Waals surface area contributed by atoms with Crippen LogP contribution in [0.3, 0.4) is 0 Å². The van der Waals surface area contributed by atoms with Crippen molar-refractivity contribution in [1.82, 2.24) is 15.1 Å². The summed E-state index contributed by atoms with van der Waals surface area (Å²) in [4.78, 5) is 16.7. The van der Waals surface area contributed by atoms with Gasteiger partial charge in [0, 0.05) is 16.8 Å². The summed E-state index contributed by atoms with van der Waals surface area (Å²) in [5.41, 5.74) is 1.75. The summed E-state index contributed by atoms with van der Waals surface area (Å²) in [6.45, 7) is 0.719.